The van der Waals surface area contributed by atoms with E-state index in [1.165, 1.54) is 90.9 Å². The van der Waals surface area contributed by atoms with Crippen LogP contribution in [-0.4, -0.2) is 108 Å². The van der Waals surface area contributed by atoms with Gasteiger partial charge in [-0.2, -0.15) is 11.8 Å². The van der Waals surface area contributed by atoms with E-state index in [1.807, 2.05) is 6.92 Å². The first-order chi connectivity index (χ1) is 26.1. The molecule has 2 saturated heterocycles. The Labute approximate surface area is 323 Å². The highest BCUT2D eigenvalue weighted by Crippen LogP contribution is 2.52. The fourth-order valence-electron chi connectivity index (χ4n) is 6.73. The summed E-state index contributed by atoms with van der Waals surface area (Å²) in [5.41, 5.74) is 6.04. The SMILES string of the molecule is C[C@@H](O)[C@H]1C(=O)N2C(C(=O)OCc3ccc([N+](=O)[O-])cc3)=C(S[C@H]3C[C@@H](CSCCC(=O)N(C)C(N)=O)N(C(=O)OCc4ccc([N+](=O)[O-])cc4)C3)[C@H](C)[C@H]12. The third kappa shape index (κ3) is 9.19. The monoisotopic (exact) mass is 800 g/mol. The van der Waals surface area contributed by atoms with E-state index >= 15 is 0 Å². The molecule has 3 heterocycles. The van der Waals surface area contributed by atoms with Crippen LogP contribution in [0.2, 0.25) is 0 Å². The summed E-state index contributed by atoms with van der Waals surface area (Å²) >= 11 is 2.73. The van der Waals surface area contributed by atoms with Crippen LogP contribution in [0, 0.1) is 32.1 Å². The van der Waals surface area contributed by atoms with Gasteiger partial charge in [0.25, 0.3) is 11.4 Å². The molecule has 0 spiro atoms. The number of non-ortho nitro benzene ring substituents is 2. The van der Waals surface area contributed by atoms with Crippen LogP contribution in [0.3, 0.4) is 0 Å². The Balaban J connectivity index is 1.33. The van der Waals surface area contributed by atoms with Gasteiger partial charge in [0.2, 0.25) is 11.8 Å². The fourth-order valence-corrected chi connectivity index (χ4v) is 9.37. The number of benzene rings is 2. The van der Waals surface area contributed by atoms with Gasteiger partial charge in [0, 0.05) is 77.9 Å². The lowest BCUT2D eigenvalue weighted by atomic mass is 9.79. The number of likely N-dealkylation sites (tertiary alicyclic amines) is 1. The number of urea groups is 1. The number of amides is 5. The van der Waals surface area contributed by atoms with Crippen LogP contribution < -0.4 is 5.73 Å². The molecule has 2 aromatic carbocycles. The first-order valence-corrected chi connectivity index (χ1v) is 19.2. The number of nitrogens with zero attached hydrogens (tertiary/aromatic N) is 5. The van der Waals surface area contributed by atoms with E-state index in [0.29, 0.717) is 34.0 Å². The Kier molecular flexibility index (Phi) is 13.0. The number of aliphatic hydroxyl groups is 1. The number of carbonyl (C=O) groups is 5. The zero-order chi connectivity index (χ0) is 40.1. The van der Waals surface area contributed by atoms with Crippen LogP contribution in [0.4, 0.5) is 21.0 Å². The third-order valence-electron chi connectivity index (χ3n) is 9.71. The summed E-state index contributed by atoms with van der Waals surface area (Å²) < 4.78 is 11.2. The van der Waals surface area contributed by atoms with Gasteiger partial charge in [-0.15, -0.1) is 11.8 Å². The topological polar surface area (TPSA) is 246 Å². The number of fused-ring (bicyclic) bond motifs is 1. The summed E-state index contributed by atoms with van der Waals surface area (Å²) in [6.07, 6.45) is -1.13. The Morgan fingerprint density at radius 3 is 2.09 bits per heavy atom. The number of esters is 1. The highest BCUT2D eigenvalue weighted by atomic mass is 32.2. The largest absolute Gasteiger partial charge is 0.456 e. The number of imide groups is 1. The molecule has 2 aromatic rings. The molecule has 3 N–H and O–H groups in total. The van der Waals surface area contributed by atoms with Gasteiger partial charge in [-0.25, -0.2) is 14.4 Å². The molecule has 0 radical (unpaired) electrons. The molecule has 3 aliphatic heterocycles. The second-order valence-corrected chi connectivity index (χ2v) is 15.8. The maximum atomic E-state index is 13.7. The number of hydrogen-bond acceptors (Lipinski definition) is 14. The highest BCUT2D eigenvalue weighted by Gasteiger charge is 2.60. The average molecular weight is 801 g/mol. The maximum Gasteiger partial charge on any atom is 0.410 e. The van der Waals surface area contributed by atoms with E-state index in [2.05, 4.69) is 0 Å². The molecule has 0 unspecified atom stereocenters. The Bertz CT molecular complexity index is 1880. The first-order valence-electron chi connectivity index (χ1n) is 17.2. The minimum Gasteiger partial charge on any atom is -0.456 e. The van der Waals surface area contributed by atoms with Gasteiger partial charge in [-0.1, -0.05) is 6.92 Å². The number of carbonyl (C=O) groups excluding carboxylic acids is 5. The number of β-lactam (4-membered cyclic amide) rings is 1. The number of primary amides is 1. The summed E-state index contributed by atoms with van der Waals surface area (Å²) in [6.45, 7) is 3.21. The molecular formula is C35H40N6O12S2. The second-order valence-electron chi connectivity index (χ2n) is 13.3. The van der Waals surface area contributed by atoms with Crippen LogP contribution in [0.1, 0.15) is 37.8 Å². The number of nitro groups is 2. The van der Waals surface area contributed by atoms with Crippen molar-refractivity contribution in [2.75, 3.05) is 25.1 Å². The molecule has 6 atom stereocenters. The normalized spacial score (nSPS) is 22.1. The van der Waals surface area contributed by atoms with Gasteiger partial charge in [-0.05, 0) is 48.7 Å². The molecule has 5 rings (SSSR count). The lowest BCUT2D eigenvalue weighted by Crippen LogP contribution is -2.63. The van der Waals surface area contributed by atoms with Gasteiger partial charge in [0.05, 0.1) is 27.9 Å². The molecule has 2 fully saturated rings. The molecule has 0 aromatic heterocycles. The lowest BCUT2D eigenvalue weighted by Gasteiger charge is -2.46. The number of aliphatic hydroxyl groups excluding tert-OH is 1. The summed E-state index contributed by atoms with van der Waals surface area (Å²) in [4.78, 5) is 89.5. The van der Waals surface area contributed by atoms with E-state index in [0.717, 1.165) is 4.90 Å². The zero-order valence-electron chi connectivity index (χ0n) is 30.1. The fraction of sp³-hybridized carbons (Fsp3) is 0.457. The molecule has 0 saturated carbocycles. The van der Waals surface area contributed by atoms with Crippen molar-refractivity contribution in [3.05, 3.63) is 90.5 Å². The Hall–Kier alpha value is -5.21. The number of ether oxygens (including phenoxy) is 2. The van der Waals surface area contributed by atoms with Crippen molar-refractivity contribution in [1.82, 2.24) is 14.7 Å². The van der Waals surface area contributed by atoms with Crippen molar-refractivity contribution in [1.29, 1.82) is 0 Å². The van der Waals surface area contributed by atoms with Crippen molar-refractivity contribution in [2.24, 2.45) is 17.6 Å². The van der Waals surface area contributed by atoms with E-state index < -0.39 is 57.8 Å². The number of nitro benzene ring substituents is 2. The van der Waals surface area contributed by atoms with Gasteiger partial charge < -0.3 is 30.1 Å². The molecular weight excluding hydrogens is 761 g/mol. The number of hydrogen-bond donors (Lipinski definition) is 2. The van der Waals surface area contributed by atoms with Gasteiger partial charge >= 0.3 is 18.1 Å². The van der Waals surface area contributed by atoms with Crippen LogP contribution in [0.25, 0.3) is 0 Å². The summed E-state index contributed by atoms with van der Waals surface area (Å²) in [7, 11) is 1.29. The lowest BCUT2D eigenvalue weighted by molar-refractivity contribution is -0.385. The van der Waals surface area contributed by atoms with Crippen molar-refractivity contribution >= 4 is 64.8 Å². The molecule has 20 heteroatoms. The second kappa shape index (κ2) is 17.5. The van der Waals surface area contributed by atoms with Gasteiger partial charge in [0.15, 0.2) is 0 Å². The summed E-state index contributed by atoms with van der Waals surface area (Å²) in [5.74, 6) is -2.02. The third-order valence-corrected chi connectivity index (χ3v) is 12.3. The van der Waals surface area contributed by atoms with E-state index in [1.54, 1.807) is 4.90 Å². The molecule has 0 aliphatic carbocycles. The highest BCUT2D eigenvalue weighted by molar-refractivity contribution is 8.03. The van der Waals surface area contributed by atoms with Crippen molar-refractivity contribution in [3.63, 3.8) is 0 Å². The smallest absolute Gasteiger partial charge is 0.410 e. The standard InChI is InChI=1S/C35H40N6O12S2/c1-19-29-28(20(2)42)32(44)39(29)30(33(45)52-16-21-4-8-23(9-5-21)40(48)49)31(19)55-26-14-25(18-54-13-12-27(43)37(3)34(36)46)38(15-26)35(47)53-17-22-6-10-24(11-7-22)41(50)51/h4-11,19-20,25-26,28-29,42H,12-18H2,1-3H3,(H2,36,46)/t19-,20-,25+,26+,28-,29-/m1/s1. The molecule has 0 bridgehead atoms. The Morgan fingerprint density at radius 2 is 1.56 bits per heavy atom. The summed E-state index contributed by atoms with van der Waals surface area (Å²) in [5, 5.41) is 32.2. The maximum absolute atomic E-state index is 13.7. The minimum atomic E-state index is -0.971. The molecule has 5 amide bonds. The molecule has 18 nitrogen and oxygen atoms in total. The van der Waals surface area contributed by atoms with Crippen LogP contribution in [0.15, 0.2) is 59.1 Å². The van der Waals surface area contributed by atoms with Crippen LogP contribution in [0.5, 0.6) is 0 Å². The predicted octanol–water partition coefficient (Wildman–Crippen LogP) is 3.79. The van der Waals surface area contributed by atoms with Crippen LogP contribution in [-0.2, 0) is 37.1 Å². The number of rotatable bonds is 15. The number of thioether (sulfide) groups is 2. The van der Waals surface area contributed by atoms with Crippen LogP contribution >= 0.6 is 23.5 Å². The number of nitrogens with two attached hydrogens (primary N) is 1. The van der Waals surface area contributed by atoms with Gasteiger partial charge in [0.1, 0.15) is 18.9 Å². The summed E-state index contributed by atoms with van der Waals surface area (Å²) in [6, 6.07) is 9.36. The van der Waals surface area contributed by atoms with Crippen molar-refractivity contribution in [3.8, 4) is 0 Å². The van der Waals surface area contributed by atoms with Crippen molar-refractivity contribution in [2.45, 2.75) is 63.3 Å². The van der Waals surface area contributed by atoms with E-state index in [-0.39, 0.29) is 60.5 Å². The van der Waals surface area contributed by atoms with E-state index in [4.69, 9.17) is 15.2 Å². The zero-order valence-corrected chi connectivity index (χ0v) is 31.7. The van der Waals surface area contributed by atoms with Gasteiger partial charge in [-0.3, -0.25) is 34.7 Å². The average Bonchev–Trinajstić information content (AvgIpc) is 3.66. The molecule has 3 aliphatic rings. The predicted molar refractivity (Wildman–Crippen MR) is 199 cm³/mol. The van der Waals surface area contributed by atoms with E-state index in [9.17, 15) is 49.3 Å². The first kappa shape index (κ1) is 41.0. The minimum absolute atomic E-state index is 0.0328. The molecule has 294 valence electrons. The van der Waals surface area contributed by atoms with Crippen molar-refractivity contribution < 1.29 is 48.4 Å². The quantitative estimate of drug-likeness (QED) is 0.0856. The Morgan fingerprint density at radius 1 is 1.00 bits per heavy atom. The molecule has 55 heavy (non-hydrogen) atoms.